The molecule has 2 aromatic rings. The second-order valence-corrected chi connectivity index (χ2v) is 13.2. The van der Waals surface area contributed by atoms with Gasteiger partial charge in [-0.05, 0) is 70.4 Å². The molecular weight excluding hydrogens is 564 g/mol. The second kappa shape index (κ2) is 13.3. The zero-order chi connectivity index (χ0) is 31.2. The number of likely N-dealkylation sites (N-methyl/N-ethyl adjacent to an activating group) is 1. The van der Waals surface area contributed by atoms with Gasteiger partial charge in [-0.25, -0.2) is 18.0 Å². The molecule has 1 heterocycles. The highest BCUT2D eigenvalue weighted by Gasteiger charge is 2.40. The lowest BCUT2D eigenvalue weighted by atomic mass is 10.0. The molecule has 0 aromatic heterocycles. The summed E-state index contributed by atoms with van der Waals surface area (Å²) < 4.78 is 32.8. The first kappa shape index (κ1) is 32.5. The molecular formula is C29H38N4O8S. The number of nitrogens with zero attached hydrogens (tertiary/aromatic N) is 2. The van der Waals surface area contributed by atoms with Crippen LogP contribution in [0, 0.1) is 6.92 Å². The van der Waals surface area contributed by atoms with E-state index in [-0.39, 0.29) is 30.8 Å². The smallest absolute Gasteiger partial charge is 0.410 e. The number of nitrogens with one attached hydrogen (secondary N) is 2. The number of carboxylic acids is 1. The van der Waals surface area contributed by atoms with Crippen molar-refractivity contribution in [2.24, 2.45) is 0 Å². The van der Waals surface area contributed by atoms with E-state index in [1.807, 2.05) is 6.92 Å². The second-order valence-electron chi connectivity index (χ2n) is 11.3. The van der Waals surface area contributed by atoms with Gasteiger partial charge in [0.05, 0.1) is 4.90 Å². The van der Waals surface area contributed by atoms with Crippen molar-refractivity contribution in [1.82, 2.24) is 14.5 Å². The third-order valence-electron chi connectivity index (χ3n) is 6.51. The van der Waals surface area contributed by atoms with Crippen LogP contribution in [0.25, 0.3) is 0 Å². The number of carbonyl (C=O) groups excluding carboxylic acids is 3. The Morgan fingerprint density at radius 1 is 1.07 bits per heavy atom. The van der Waals surface area contributed by atoms with Gasteiger partial charge in [0.15, 0.2) is 0 Å². The third kappa shape index (κ3) is 8.76. The maximum Gasteiger partial charge on any atom is 0.410 e. The van der Waals surface area contributed by atoms with E-state index < -0.39 is 51.6 Å². The molecule has 3 N–H and O–H groups in total. The number of carbonyl (C=O) groups is 4. The molecule has 2 atom stereocenters. The molecule has 1 saturated heterocycles. The van der Waals surface area contributed by atoms with Crippen molar-refractivity contribution in [3.63, 3.8) is 0 Å². The van der Waals surface area contributed by atoms with Crippen LogP contribution in [-0.2, 0) is 35.6 Å². The van der Waals surface area contributed by atoms with Crippen molar-refractivity contribution < 1.29 is 37.4 Å². The minimum atomic E-state index is -3.94. The highest BCUT2D eigenvalue weighted by Crippen LogP contribution is 2.26. The normalized spacial score (nSPS) is 16.4. The topological polar surface area (TPSA) is 162 Å². The van der Waals surface area contributed by atoms with E-state index in [1.54, 1.807) is 57.2 Å². The Hall–Kier alpha value is -3.97. The molecule has 3 amide bonds. The number of hydrogen-bond acceptors (Lipinski definition) is 7. The number of amides is 3. The van der Waals surface area contributed by atoms with Gasteiger partial charge < -0.3 is 25.4 Å². The third-order valence-corrected chi connectivity index (χ3v) is 8.43. The average molecular weight is 603 g/mol. The Balaban J connectivity index is 1.60. The molecule has 3 rings (SSSR count). The van der Waals surface area contributed by atoms with E-state index in [1.165, 1.54) is 19.2 Å². The van der Waals surface area contributed by atoms with Crippen LogP contribution in [0.1, 0.15) is 44.7 Å². The molecule has 0 spiro atoms. The first-order valence-electron chi connectivity index (χ1n) is 13.5. The fourth-order valence-electron chi connectivity index (χ4n) is 4.38. The molecule has 0 bridgehead atoms. The summed E-state index contributed by atoms with van der Waals surface area (Å²) in [6.45, 7) is 6.93. The lowest BCUT2D eigenvalue weighted by Gasteiger charge is -2.25. The minimum absolute atomic E-state index is 0.0614. The number of benzene rings is 2. The van der Waals surface area contributed by atoms with Crippen LogP contribution in [0.2, 0.25) is 0 Å². The fraction of sp³-hybridized carbons (Fsp3) is 0.448. The molecule has 0 unspecified atom stereocenters. The summed E-state index contributed by atoms with van der Waals surface area (Å²) in [5, 5.41) is 14.9. The Bertz CT molecular complexity index is 1400. The van der Waals surface area contributed by atoms with E-state index in [0.717, 1.165) is 14.8 Å². The predicted molar refractivity (Wildman–Crippen MR) is 155 cm³/mol. The maximum atomic E-state index is 13.2. The van der Waals surface area contributed by atoms with Crippen LogP contribution < -0.4 is 10.6 Å². The average Bonchev–Trinajstić information content (AvgIpc) is 3.40. The van der Waals surface area contributed by atoms with Gasteiger partial charge in [-0.3, -0.25) is 9.59 Å². The van der Waals surface area contributed by atoms with Crippen LogP contribution >= 0.6 is 0 Å². The molecule has 2 aromatic carbocycles. The van der Waals surface area contributed by atoms with E-state index in [9.17, 15) is 32.7 Å². The number of anilines is 1. The number of sulfonamides is 1. The number of ether oxygens (including phenoxy) is 1. The quantitative estimate of drug-likeness (QED) is 0.374. The molecule has 12 nitrogen and oxygen atoms in total. The molecule has 1 aliphatic rings. The number of carboxylic acid groups (broad SMARTS) is 1. The Kier molecular flexibility index (Phi) is 10.3. The lowest BCUT2D eigenvalue weighted by molar-refractivity contribution is -0.142. The van der Waals surface area contributed by atoms with E-state index in [2.05, 4.69) is 10.6 Å². The van der Waals surface area contributed by atoms with Gasteiger partial charge in [-0.1, -0.05) is 29.8 Å². The van der Waals surface area contributed by atoms with Gasteiger partial charge >= 0.3 is 12.1 Å². The summed E-state index contributed by atoms with van der Waals surface area (Å²) in [5.74, 6) is -2.39. The molecule has 0 saturated carbocycles. The zero-order valence-electron chi connectivity index (χ0n) is 24.4. The highest BCUT2D eigenvalue weighted by atomic mass is 32.2. The van der Waals surface area contributed by atoms with Gasteiger partial charge in [0, 0.05) is 25.7 Å². The molecule has 228 valence electrons. The van der Waals surface area contributed by atoms with Gasteiger partial charge in [0.1, 0.15) is 24.2 Å². The monoisotopic (exact) mass is 602 g/mol. The number of hydrogen-bond donors (Lipinski definition) is 3. The van der Waals surface area contributed by atoms with Crippen molar-refractivity contribution in [3.05, 3.63) is 59.7 Å². The standard InChI is InChI=1S/C29H38N4O8S/c1-19-8-14-22(15-9-19)42(39,40)33-16-6-7-24(33)26(35)31-23(27(36)37)17-20-10-12-21(13-11-20)30-25(34)18-32(5)28(38)41-29(2,3)4/h8-15,23-24H,6-7,16-18H2,1-5H3,(H,30,34)(H,31,35)(H,36,37)/t23-,24-/m0/s1. The number of aliphatic carboxylic acids is 1. The highest BCUT2D eigenvalue weighted by molar-refractivity contribution is 7.89. The van der Waals surface area contributed by atoms with Crippen LogP contribution in [0.5, 0.6) is 0 Å². The van der Waals surface area contributed by atoms with Crippen LogP contribution in [0.15, 0.2) is 53.4 Å². The van der Waals surface area contributed by atoms with Gasteiger partial charge in [0.2, 0.25) is 21.8 Å². The maximum absolute atomic E-state index is 13.2. The Labute approximate surface area is 246 Å². The fourth-order valence-corrected chi connectivity index (χ4v) is 6.04. The Morgan fingerprint density at radius 2 is 1.69 bits per heavy atom. The van der Waals surface area contributed by atoms with Crippen molar-refractivity contribution in [2.75, 3.05) is 25.5 Å². The molecule has 1 fully saturated rings. The first-order chi connectivity index (χ1) is 19.6. The summed E-state index contributed by atoms with van der Waals surface area (Å²) in [4.78, 5) is 50.8. The molecule has 0 radical (unpaired) electrons. The molecule has 42 heavy (non-hydrogen) atoms. The van der Waals surface area contributed by atoms with Gasteiger partial charge in [-0.15, -0.1) is 0 Å². The minimum Gasteiger partial charge on any atom is -0.480 e. The van der Waals surface area contributed by atoms with Crippen molar-refractivity contribution >= 4 is 39.6 Å². The summed E-state index contributed by atoms with van der Waals surface area (Å²) in [6.07, 6.45) is 0.0551. The van der Waals surface area contributed by atoms with E-state index >= 15 is 0 Å². The van der Waals surface area contributed by atoms with Crippen molar-refractivity contribution in [3.8, 4) is 0 Å². The summed E-state index contributed by atoms with van der Waals surface area (Å²) in [6, 6.07) is 10.4. The van der Waals surface area contributed by atoms with Crippen LogP contribution in [0.3, 0.4) is 0 Å². The summed E-state index contributed by atoms with van der Waals surface area (Å²) in [7, 11) is -2.49. The predicted octanol–water partition coefficient (Wildman–Crippen LogP) is 2.77. The molecule has 1 aliphatic heterocycles. The van der Waals surface area contributed by atoms with Gasteiger partial charge in [-0.2, -0.15) is 4.31 Å². The van der Waals surface area contributed by atoms with Crippen molar-refractivity contribution in [2.45, 2.75) is 69.5 Å². The number of rotatable bonds is 10. The van der Waals surface area contributed by atoms with Crippen LogP contribution in [0.4, 0.5) is 10.5 Å². The van der Waals surface area contributed by atoms with Crippen LogP contribution in [-0.4, -0.2) is 84.4 Å². The van der Waals surface area contributed by atoms with E-state index in [4.69, 9.17) is 4.74 Å². The van der Waals surface area contributed by atoms with Crippen molar-refractivity contribution in [1.29, 1.82) is 0 Å². The largest absolute Gasteiger partial charge is 0.480 e. The lowest BCUT2D eigenvalue weighted by Crippen LogP contribution is -2.51. The van der Waals surface area contributed by atoms with Gasteiger partial charge in [0.25, 0.3) is 0 Å². The summed E-state index contributed by atoms with van der Waals surface area (Å²) in [5.41, 5.74) is 1.21. The molecule has 0 aliphatic carbocycles. The zero-order valence-corrected chi connectivity index (χ0v) is 25.2. The van der Waals surface area contributed by atoms with E-state index in [0.29, 0.717) is 17.7 Å². The SMILES string of the molecule is Cc1ccc(S(=O)(=O)N2CCC[C@H]2C(=O)N[C@@H](Cc2ccc(NC(=O)CN(C)C(=O)OC(C)(C)C)cc2)C(=O)O)cc1. The number of aryl methyl sites for hydroxylation is 1. The molecule has 13 heteroatoms. The Morgan fingerprint density at radius 3 is 2.26 bits per heavy atom. The first-order valence-corrected chi connectivity index (χ1v) is 15.0. The summed E-state index contributed by atoms with van der Waals surface area (Å²) >= 11 is 0.